The van der Waals surface area contributed by atoms with Crippen molar-refractivity contribution in [3.05, 3.63) is 11.7 Å². The second-order valence-electron chi connectivity index (χ2n) is 4.97. The number of hydrogen-bond acceptors (Lipinski definition) is 5. The van der Waals surface area contributed by atoms with Crippen LogP contribution < -0.4 is 0 Å². The molecule has 0 radical (unpaired) electrons. The molecule has 1 fully saturated rings. The smallest absolute Gasteiger partial charge is 0.255 e. The Morgan fingerprint density at radius 1 is 1.33 bits per heavy atom. The van der Waals surface area contributed by atoms with Crippen LogP contribution in [0.3, 0.4) is 0 Å². The van der Waals surface area contributed by atoms with Gasteiger partial charge in [0.1, 0.15) is 11.7 Å². The maximum Gasteiger partial charge on any atom is 0.255 e. The lowest BCUT2D eigenvalue weighted by Gasteiger charge is -2.29. The van der Waals surface area contributed by atoms with Gasteiger partial charge in [-0.1, -0.05) is 30.8 Å². The first-order valence-electron chi connectivity index (χ1n) is 6.84. The van der Waals surface area contributed by atoms with E-state index in [1.807, 2.05) is 6.92 Å². The summed E-state index contributed by atoms with van der Waals surface area (Å²) in [7, 11) is 0. The summed E-state index contributed by atoms with van der Waals surface area (Å²) in [6.07, 6.45) is 5.85. The normalized spacial score (nSPS) is 21.5. The van der Waals surface area contributed by atoms with Gasteiger partial charge in [0, 0.05) is 6.61 Å². The summed E-state index contributed by atoms with van der Waals surface area (Å²) in [6.45, 7) is 4.25. The van der Waals surface area contributed by atoms with Gasteiger partial charge in [-0.2, -0.15) is 4.98 Å². The van der Waals surface area contributed by atoms with Crippen molar-refractivity contribution in [1.29, 1.82) is 0 Å². The molecule has 5 heteroatoms. The fourth-order valence-corrected chi connectivity index (χ4v) is 2.60. The average molecular weight is 254 g/mol. The highest BCUT2D eigenvalue weighted by Gasteiger charge is 2.38. The molecule has 1 aromatic heterocycles. The fraction of sp³-hybridized carbons (Fsp3) is 0.846. The van der Waals surface area contributed by atoms with Gasteiger partial charge in [-0.15, -0.1) is 0 Å². The fourth-order valence-electron chi connectivity index (χ4n) is 2.60. The molecule has 0 spiro atoms. The second-order valence-corrected chi connectivity index (χ2v) is 4.97. The maximum atomic E-state index is 9.47. The highest BCUT2D eigenvalue weighted by Crippen LogP contribution is 2.38. The van der Waals surface area contributed by atoms with Crippen LogP contribution >= 0.6 is 0 Å². The van der Waals surface area contributed by atoms with Crippen LogP contribution in [-0.2, 0) is 10.3 Å². The Bertz CT molecular complexity index is 368. The van der Waals surface area contributed by atoms with Crippen molar-refractivity contribution in [2.24, 2.45) is 0 Å². The molecule has 1 aromatic rings. The van der Waals surface area contributed by atoms with Crippen LogP contribution in [0.15, 0.2) is 4.52 Å². The zero-order chi connectivity index (χ0) is 13.0. The van der Waals surface area contributed by atoms with Crippen LogP contribution in [0.1, 0.15) is 70.2 Å². The number of ether oxygens (including phenoxy) is 1. The van der Waals surface area contributed by atoms with Gasteiger partial charge in [-0.3, -0.25) is 0 Å². The lowest BCUT2D eigenvalue weighted by Crippen LogP contribution is -2.30. The van der Waals surface area contributed by atoms with Gasteiger partial charge in [-0.05, 0) is 26.7 Å². The lowest BCUT2D eigenvalue weighted by molar-refractivity contribution is -0.0636. The molecule has 2 rings (SSSR count). The van der Waals surface area contributed by atoms with Gasteiger partial charge >= 0.3 is 0 Å². The molecule has 1 aliphatic rings. The Morgan fingerprint density at radius 2 is 2.00 bits per heavy atom. The summed E-state index contributed by atoms with van der Waals surface area (Å²) in [5.41, 5.74) is -0.415. The van der Waals surface area contributed by atoms with Crippen molar-refractivity contribution in [2.75, 3.05) is 6.61 Å². The van der Waals surface area contributed by atoms with E-state index in [-0.39, 0.29) is 5.89 Å². The predicted molar refractivity (Wildman–Crippen MR) is 65.9 cm³/mol. The number of aliphatic hydroxyl groups excluding tert-OH is 1. The Labute approximate surface area is 108 Å². The zero-order valence-electron chi connectivity index (χ0n) is 11.2. The van der Waals surface area contributed by atoms with Crippen LogP contribution in [0.2, 0.25) is 0 Å². The number of nitrogens with zero attached hydrogens (tertiary/aromatic N) is 2. The van der Waals surface area contributed by atoms with E-state index >= 15 is 0 Å². The zero-order valence-corrected chi connectivity index (χ0v) is 11.2. The molecule has 0 amide bonds. The van der Waals surface area contributed by atoms with Crippen molar-refractivity contribution in [3.8, 4) is 0 Å². The summed E-state index contributed by atoms with van der Waals surface area (Å²) in [6, 6.07) is 0. The van der Waals surface area contributed by atoms with E-state index in [2.05, 4.69) is 10.1 Å². The number of aromatic nitrogens is 2. The van der Waals surface area contributed by atoms with Crippen LogP contribution in [0, 0.1) is 0 Å². The van der Waals surface area contributed by atoms with Gasteiger partial charge < -0.3 is 14.4 Å². The van der Waals surface area contributed by atoms with Crippen molar-refractivity contribution < 1.29 is 14.4 Å². The molecule has 0 unspecified atom stereocenters. The molecule has 102 valence electrons. The van der Waals surface area contributed by atoms with Crippen molar-refractivity contribution >= 4 is 0 Å². The van der Waals surface area contributed by atoms with E-state index in [1.165, 1.54) is 12.8 Å². The molecule has 18 heavy (non-hydrogen) atoms. The summed E-state index contributed by atoms with van der Waals surface area (Å²) in [5, 5.41) is 13.5. The van der Waals surface area contributed by atoms with Crippen molar-refractivity contribution in [2.45, 2.75) is 64.1 Å². The number of rotatable bonds is 4. The van der Waals surface area contributed by atoms with E-state index in [9.17, 15) is 5.11 Å². The first-order chi connectivity index (χ1) is 8.68. The third kappa shape index (κ3) is 2.72. The Balaban J connectivity index is 2.26. The minimum absolute atomic E-state index is 0.272. The second kappa shape index (κ2) is 5.80. The summed E-state index contributed by atoms with van der Waals surface area (Å²) >= 11 is 0. The van der Waals surface area contributed by atoms with Gasteiger partial charge in [0.2, 0.25) is 5.82 Å². The molecule has 0 aromatic carbocycles. The standard InChI is InChI=1S/C13H22N2O3/c1-3-17-13(8-6-4-5-7-9-13)12-14-11(10(2)16)18-15-12/h10,16H,3-9H2,1-2H3/t10-/m0/s1. The van der Waals surface area contributed by atoms with Crippen LogP contribution in [0.4, 0.5) is 0 Å². The summed E-state index contributed by atoms with van der Waals surface area (Å²) in [4.78, 5) is 4.31. The van der Waals surface area contributed by atoms with Crippen molar-refractivity contribution in [3.63, 3.8) is 0 Å². The molecule has 1 saturated carbocycles. The predicted octanol–water partition coefficient (Wildman–Crippen LogP) is 2.71. The highest BCUT2D eigenvalue weighted by molar-refractivity contribution is 5.03. The number of hydrogen-bond donors (Lipinski definition) is 1. The van der Waals surface area contributed by atoms with E-state index in [0.29, 0.717) is 12.4 Å². The van der Waals surface area contributed by atoms with Crippen LogP contribution in [0.5, 0.6) is 0 Å². The van der Waals surface area contributed by atoms with Gasteiger partial charge in [0.25, 0.3) is 5.89 Å². The SMILES string of the molecule is CCOC1(c2noc([C@H](C)O)n2)CCCCCC1. The summed E-state index contributed by atoms with van der Waals surface area (Å²) in [5.74, 6) is 0.871. The van der Waals surface area contributed by atoms with E-state index < -0.39 is 11.7 Å². The Morgan fingerprint density at radius 3 is 2.50 bits per heavy atom. The third-order valence-corrected chi connectivity index (χ3v) is 3.54. The third-order valence-electron chi connectivity index (χ3n) is 3.54. The largest absolute Gasteiger partial charge is 0.384 e. The molecule has 1 heterocycles. The molecular formula is C13H22N2O3. The molecular weight excluding hydrogens is 232 g/mol. The Hall–Kier alpha value is -0.940. The Kier molecular flexibility index (Phi) is 4.35. The molecule has 1 atom stereocenters. The molecule has 0 aliphatic heterocycles. The van der Waals surface area contributed by atoms with Gasteiger partial charge in [0.15, 0.2) is 0 Å². The lowest BCUT2D eigenvalue weighted by atomic mass is 9.93. The van der Waals surface area contributed by atoms with Gasteiger partial charge in [-0.25, -0.2) is 0 Å². The minimum Gasteiger partial charge on any atom is -0.384 e. The van der Waals surface area contributed by atoms with Gasteiger partial charge in [0.05, 0.1) is 0 Å². The molecule has 0 bridgehead atoms. The van der Waals surface area contributed by atoms with Crippen LogP contribution in [0.25, 0.3) is 0 Å². The molecule has 1 N–H and O–H groups in total. The monoisotopic (exact) mass is 254 g/mol. The van der Waals surface area contributed by atoms with E-state index in [0.717, 1.165) is 25.7 Å². The first kappa shape index (κ1) is 13.5. The highest BCUT2D eigenvalue weighted by atomic mass is 16.5. The first-order valence-corrected chi connectivity index (χ1v) is 6.84. The topological polar surface area (TPSA) is 68.4 Å². The number of aliphatic hydroxyl groups is 1. The molecule has 1 aliphatic carbocycles. The van der Waals surface area contributed by atoms with E-state index in [4.69, 9.17) is 9.26 Å². The molecule has 0 saturated heterocycles. The van der Waals surface area contributed by atoms with Crippen LogP contribution in [-0.4, -0.2) is 21.9 Å². The van der Waals surface area contributed by atoms with E-state index in [1.54, 1.807) is 6.92 Å². The molecule has 5 nitrogen and oxygen atoms in total. The van der Waals surface area contributed by atoms with Crippen molar-refractivity contribution in [1.82, 2.24) is 10.1 Å². The minimum atomic E-state index is -0.726. The summed E-state index contributed by atoms with van der Waals surface area (Å²) < 4.78 is 11.1. The maximum absolute atomic E-state index is 9.47. The quantitative estimate of drug-likeness (QED) is 0.837. The average Bonchev–Trinajstić information content (AvgIpc) is 2.73.